The van der Waals surface area contributed by atoms with Gasteiger partial charge < -0.3 is 19.9 Å². The highest BCUT2D eigenvalue weighted by molar-refractivity contribution is 6.06. The lowest BCUT2D eigenvalue weighted by atomic mass is 9.84. The minimum absolute atomic E-state index is 0.107. The van der Waals surface area contributed by atoms with Crippen LogP contribution in [0.3, 0.4) is 0 Å². The average molecular weight is 473 g/mol. The predicted molar refractivity (Wildman–Crippen MR) is 116 cm³/mol. The summed E-state index contributed by atoms with van der Waals surface area (Å²) in [6.45, 7) is 9.14. The van der Waals surface area contributed by atoms with Crippen molar-refractivity contribution in [1.29, 1.82) is 0 Å². The van der Waals surface area contributed by atoms with Crippen molar-refractivity contribution in [3.63, 3.8) is 0 Å². The molecule has 0 aliphatic carbocycles. The average Bonchev–Trinajstić information content (AvgIpc) is 2.63. The number of rotatable bonds is 2. The van der Waals surface area contributed by atoms with Gasteiger partial charge in [0.05, 0.1) is 0 Å². The maximum absolute atomic E-state index is 15.3. The maximum Gasteiger partial charge on any atom is 0.428 e. The first-order valence-electron chi connectivity index (χ1n) is 10.3. The van der Waals surface area contributed by atoms with Crippen LogP contribution in [0.2, 0.25) is 0 Å². The number of amides is 2. The molecule has 1 aromatic carbocycles. The number of imide groups is 1. The van der Waals surface area contributed by atoms with Crippen molar-refractivity contribution >= 4 is 23.9 Å². The number of amidine groups is 1. The van der Waals surface area contributed by atoms with Gasteiger partial charge >= 0.3 is 18.2 Å². The van der Waals surface area contributed by atoms with Crippen LogP contribution in [0.4, 0.5) is 28.4 Å². The van der Waals surface area contributed by atoms with E-state index < -0.39 is 59.7 Å². The van der Waals surface area contributed by atoms with Crippen molar-refractivity contribution in [2.45, 2.75) is 77.5 Å². The molecule has 0 saturated carbocycles. The van der Waals surface area contributed by atoms with Gasteiger partial charge in [-0.15, -0.1) is 4.90 Å². The third-order valence-corrected chi connectivity index (χ3v) is 4.48. The molecule has 3 atom stereocenters. The van der Waals surface area contributed by atoms with Crippen molar-refractivity contribution < 1.29 is 37.0 Å². The molecular formula is C22H30F3N3O5. The summed E-state index contributed by atoms with van der Waals surface area (Å²) in [7, 11) is 0. The lowest BCUT2D eigenvalue weighted by Crippen LogP contribution is -2.56. The van der Waals surface area contributed by atoms with Crippen LogP contribution < -0.4 is 5.73 Å². The Bertz CT molecular complexity index is 914. The molecule has 2 amide bonds. The summed E-state index contributed by atoms with van der Waals surface area (Å²) in [6, 6.07) is 2.63. The van der Waals surface area contributed by atoms with E-state index in [0.717, 1.165) is 12.1 Å². The SMILES string of the molecule is CC(C)(C)OC(=O)N(C(=O)OC(C)(C)C)C1=N[C@](C)(c2cc(N)ccc2F)[C@@H](F)[C@@H](CF)O1. The van der Waals surface area contributed by atoms with Gasteiger partial charge in [-0.25, -0.2) is 27.8 Å². The lowest BCUT2D eigenvalue weighted by molar-refractivity contribution is -0.0214. The third kappa shape index (κ3) is 6.08. The van der Waals surface area contributed by atoms with Gasteiger partial charge in [0.15, 0.2) is 12.3 Å². The number of halogens is 3. The summed E-state index contributed by atoms with van der Waals surface area (Å²) in [5.74, 6) is -0.863. The normalized spacial score (nSPS) is 23.3. The van der Waals surface area contributed by atoms with Crippen LogP contribution in [0.15, 0.2) is 23.2 Å². The van der Waals surface area contributed by atoms with Gasteiger partial charge in [0.25, 0.3) is 0 Å². The number of alkyl halides is 2. The Balaban J connectivity index is 2.68. The second-order valence-corrected chi connectivity index (χ2v) is 9.79. The van der Waals surface area contributed by atoms with Crippen LogP contribution in [0, 0.1) is 5.82 Å². The Kier molecular flexibility index (Phi) is 7.25. The quantitative estimate of drug-likeness (QED) is 0.616. The standard InChI is InChI=1S/C22H30F3N3O5/c1-20(2,3)32-18(29)28(19(30)33-21(4,5)6)17-27-22(7,16(25)15(11-23)31-17)13-10-12(26)8-9-14(13)24/h8-10,15-16H,11,26H2,1-7H3/t15-,16+,22-/m1/s1. The molecule has 2 N–H and O–H groups in total. The highest BCUT2D eigenvalue weighted by Crippen LogP contribution is 2.40. The molecule has 0 saturated heterocycles. The predicted octanol–water partition coefficient (Wildman–Crippen LogP) is 4.86. The summed E-state index contributed by atoms with van der Waals surface area (Å²) in [5.41, 5.74) is 1.36. The number of carbonyl (C=O) groups excluding carboxylic acids is 2. The summed E-state index contributed by atoms with van der Waals surface area (Å²) in [4.78, 5) is 30.1. The van der Waals surface area contributed by atoms with E-state index in [1.807, 2.05) is 0 Å². The fraction of sp³-hybridized carbons (Fsp3) is 0.591. The van der Waals surface area contributed by atoms with Gasteiger partial charge in [-0.2, -0.15) is 0 Å². The molecule has 1 aliphatic rings. The molecule has 2 rings (SSSR count). The first-order valence-corrected chi connectivity index (χ1v) is 10.3. The molecule has 0 fully saturated rings. The van der Waals surface area contributed by atoms with Crippen LogP contribution in [0.5, 0.6) is 0 Å². The number of anilines is 1. The number of nitrogen functional groups attached to an aromatic ring is 1. The summed E-state index contributed by atoms with van der Waals surface area (Å²) in [5, 5.41) is 0. The van der Waals surface area contributed by atoms with E-state index in [-0.39, 0.29) is 11.3 Å². The van der Waals surface area contributed by atoms with E-state index >= 15 is 4.39 Å². The third-order valence-electron chi connectivity index (χ3n) is 4.48. The molecule has 8 nitrogen and oxygen atoms in total. The Morgan fingerprint density at radius 3 is 2.12 bits per heavy atom. The fourth-order valence-electron chi connectivity index (χ4n) is 3.04. The Labute approximate surface area is 190 Å². The molecule has 1 heterocycles. The van der Waals surface area contributed by atoms with Crippen LogP contribution in [-0.2, 0) is 19.7 Å². The summed E-state index contributed by atoms with van der Waals surface area (Å²) >= 11 is 0. The molecule has 0 aromatic heterocycles. The molecule has 0 bridgehead atoms. The highest BCUT2D eigenvalue weighted by atomic mass is 19.1. The van der Waals surface area contributed by atoms with Crippen LogP contribution in [-0.4, -0.2) is 53.3 Å². The maximum atomic E-state index is 15.3. The number of benzene rings is 1. The van der Waals surface area contributed by atoms with E-state index in [9.17, 15) is 18.4 Å². The van der Waals surface area contributed by atoms with Crippen molar-refractivity contribution in [3.8, 4) is 0 Å². The molecule has 0 unspecified atom stereocenters. The molecule has 1 aliphatic heterocycles. The lowest BCUT2D eigenvalue weighted by Gasteiger charge is -2.40. The van der Waals surface area contributed by atoms with Crippen molar-refractivity contribution in [2.75, 3.05) is 12.4 Å². The van der Waals surface area contributed by atoms with Gasteiger partial charge in [0, 0.05) is 11.3 Å². The number of hydrogen-bond donors (Lipinski definition) is 1. The number of ether oxygens (including phenoxy) is 3. The molecule has 33 heavy (non-hydrogen) atoms. The van der Waals surface area contributed by atoms with E-state index in [0.29, 0.717) is 4.90 Å². The largest absolute Gasteiger partial charge is 0.455 e. The minimum Gasteiger partial charge on any atom is -0.455 e. The van der Waals surface area contributed by atoms with Gasteiger partial charge in [-0.3, -0.25) is 0 Å². The van der Waals surface area contributed by atoms with Gasteiger partial charge in [0.2, 0.25) is 0 Å². The monoisotopic (exact) mass is 473 g/mol. The second-order valence-electron chi connectivity index (χ2n) is 9.79. The van der Waals surface area contributed by atoms with Crippen molar-refractivity contribution in [2.24, 2.45) is 4.99 Å². The summed E-state index contributed by atoms with van der Waals surface area (Å²) in [6.07, 6.45) is -6.49. The Morgan fingerprint density at radius 1 is 1.15 bits per heavy atom. The zero-order valence-electron chi connectivity index (χ0n) is 19.7. The minimum atomic E-state index is -2.18. The first-order chi connectivity index (χ1) is 15.0. The smallest absolute Gasteiger partial charge is 0.428 e. The Hall–Kier alpha value is -2.98. The van der Waals surface area contributed by atoms with Crippen molar-refractivity contribution in [3.05, 3.63) is 29.6 Å². The molecule has 0 radical (unpaired) electrons. The van der Waals surface area contributed by atoms with Crippen LogP contribution >= 0.6 is 0 Å². The molecule has 184 valence electrons. The van der Waals surface area contributed by atoms with E-state index in [1.54, 1.807) is 41.5 Å². The number of nitrogens with zero attached hydrogens (tertiary/aromatic N) is 2. The van der Waals surface area contributed by atoms with Crippen molar-refractivity contribution in [1.82, 2.24) is 4.90 Å². The molecule has 11 heteroatoms. The van der Waals surface area contributed by atoms with Crippen LogP contribution in [0.25, 0.3) is 0 Å². The molecule has 1 aromatic rings. The molecular weight excluding hydrogens is 443 g/mol. The number of carbonyl (C=O) groups is 2. The van der Waals surface area contributed by atoms with E-state index in [1.165, 1.54) is 13.0 Å². The number of hydrogen-bond acceptors (Lipinski definition) is 7. The van der Waals surface area contributed by atoms with Gasteiger partial charge in [0.1, 0.15) is 29.2 Å². The molecule has 0 spiro atoms. The van der Waals surface area contributed by atoms with Gasteiger partial charge in [-0.1, -0.05) is 0 Å². The van der Waals surface area contributed by atoms with E-state index in [4.69, 9.17) is 19.9 Å². The number of aliphatic imine (C=N–C) groups is 1. The second kappa shape index (κ2) is 9.11. The zero-order valence-corrected chi connectivity index (χ0v) is 19.7. The first kappa shape index (κ1) is 26.3. The Morgan fingerprint density at radius 2 is 1.67 bits per heavy atom. The van der Waals surface area contributed by atoms with E-state index in [2.05, 4.69) is 4.99 Å². The zero-order chi connectivity index (χ0) is 25.4. The van der Waals surface area contributed by atoms with Gasteiger partial charge in [-0.05, 0) is 66.7 Å². The fourth-order valence-corrected chi connectivity index (χ4v) is 3.04. The number of nitrogens with two attached hydrogens (primary N) is 1. The highest BCUT2D eigenvalue weighted by Gasteiger charge is 2.51. The topological polar surface area (TPSA) is 103 Å². The van der Waals surface area contributed by atoms with Crippen LogP contribution in [0.1, 0.15) is 54.0 Å². The summed E-state index contributed by atoms with van der Waals surface area (Å²) < 4.78 is 59.5.